The average molecular weight is 510 g/mol. The van der Waals surface area contributed by atoms with Crippen LogP contribution in [0.2, 0.25) is 0 Å². The number of ether oxygens (including phenoxy) is 2. The maximum absolute atomic E-state index is 12.9. The molecule has 10 heteroatoms. The molecule has 0 aliphatic carbocycles. The van der Waals surface area contributed by atoms with Gasteiger partial charge in [0.2, 0.25) is 0 Å². The Morgan fingerprint density at radius 2 is 1.75 bits per heavy atom. The van der Waals surface area contributed by atoms with E-state index in [0.717, 1.165) is 37.1 Å². The molecule has 1 fully saturated rings. The zero-order valence-corrected chi connectivity index (χ0v) is 20.1. The van der Waals surface area contributed by atoms with E-state index < -0.39 is 23.7 Å². The van der Waals surface area contributed by atoms with Crippen LogP contribution in [0.5, 0.6) is 11.5 Å². The van der Waals surface area contributed by atoms with Gasteiger partial charge < -0.3 is 24.6 Å². The Hall–Kier alpha value is -3.53. The van der Waals surface area contributed by atoms with Crippen LogP contribution in [-0.4, -0.2) is 60.9 Å². The van der Waals surface area contributed by atoms with E-state index in [0.29, 0.717) is 18.1 Å². The van der Waals surface area contributed by atoms with Crippen molar-refractivity contribution in [3.05, 3.63) is 71.8 Å². The molecule has 7 nitrogen and oxygen atoms in total. The minimum absolute atomic E-state index is 0.148. The van der Waals surface area contributed by atoms with Crippen molar-refractivity contribution in [1.82, 2.24) is 4.90 Å². The Morgan fingerprint density at radius 3 is 2.28 bits per heavy atom. The summed E-state index contributed by atoms with van der Waals surface area (Å²) in [6, 6.07) is 11.4. The number of piperidine rings is 1. The molecule has 36 heavy (non-hydrogen) atoms. The number of methoxy groups -OCH3 is 1. The monoisotopic (exact) mass is 509 g/mol. The highest BCUT2D eigenvalue weighted by molar-refractivity contribution is 6.27. The normalized spacial score (nSPS) is 17.9. The number of rotatable bonds is 7. The Morgan fingerprint density at radius 1 is 1.11 bits per heavy atom. The van der Waals surface area contributed by atoms with Gasteiger partial charge in [0.05, 0.1) is 19.3 Å². The summed E-state index contributed by atoms with van der Waals surface area (Å²) in [6.45, 7) is 5.95. The summed E-state index contributed by atoms with van der Waals surface area (Å²) in [4.78, 5) is 20.4. The maximum Gasteiger partial charge on any atom is 0.416 e. The molecule has 0 saturated carbocycles. The lowest BCUT2D eigenvalue weighted by molar-refractivity contribution is -0.159. The summed E-state index contributed by atoms with van der Waals surface area (Å²) in [6.07, 6.45) is -0.852. The summed E-state index contributed by atoms with van der Waals surface area (Å²) in [5, 5.41) is 14.8. The molecule has 0 bridgehead atoms. The standard InChI is InChI=1S/C24H28F3NO2.C2H2O4/c1-4-5-17-6-11-22(23(14-17)29-3)30-16-19-15-28(2)13-12-21(19)18-7-9-20(10-8-18)24(25,26)27;3-1(4)2(5)6/h4,6-11,14,19,21H,1,5,12-13,15-16H2,2-3H3;(H,3,4)(H,5,6). The molecule has 1 heterocycles. The second kappa shape index (κ2) is 13.0. The summed E-state index contributed by atoms with van der Waals surface area (Å²) in [7, 11) is 3.67. The molecule has 3 rings (SSSR count). The third-order valence-corrected chi connectivity index (χ3v) is 5.85. The highest BCUT2D eigenvalue weighted by Gasteiger charge is 2.33. The van der Waals surface area contributed by atoms with Crippen LogP contribution in [0.25, 0.3) is 0 Å². The average Bonchev–Trinajstić information content (AvgIpc) is 2.83. The highest BCUT2D eigenvalue weighted by atomic mass is 19.4. The number of hydrogen-bond acceptors (Lipinski definition) is 5. The van der Waals surface area contributed by atoms with Crippen LogP contribution in [0, 0.1) is 5.92 Å². The number of carboxylic acid groups (broad SMARTS) is 2. The molecule has 0 aromatic heterocycles. The minimum Gasteiger partial charge on any atom is -0.493 e. The molecule has 0 amide bonds. The van der Waals surface area contributed by atoms with Crippen molar-refractivity contribution in [1.29, 1.82) is 0 Å². The van der Waals surface area contributed by atoms with Gasteiger partial charge in [-0.3, -0.25) is 0 Å². The van der Waals surface area contributed by atoms with E-state index in [1.807, 2.05) is 24.3 Å². The van der Waals surface area contributed by atoms with Gasteiger partial charge in [-0.15, -0.1) is 6.58 Å². The van der Waals surface area contributed by atoms with Crippen LogP contribution in [0.3, 0.4) is 0 Å². The molecular formula is C26H30F3NO6. The fourth-order valence-corrected chi connectivity index (χ4v) is 4.06. The molecular weight excluding hydrogens is 479 g/mol. The maximum atomic E-state index is 12.9. The van der Waals surface area contributed by atoms with Crippen molar-refractivity contribution in [3.8, 4) is 11.5 Å². The van der Waals surface area contributed by atoms with E-state index in [4.69, 9.17) is 29.3 Å². The molecule has 2 aromatic rings. The van der Waals surface area contributed by atoms with Gasteiger partial charge in [0.25, 0.3) is 0 Å². The molecule has 196 valence electrons. The van der Waals surface area contributed by atoms with Crippen LogP contribution < -0.4 is 9.47 Å². The zero-order chi connectivity index (χ0) is 26.9. The number of alkyl halides is 3. The van der Waals surface area contributed by atoms with Gasteiger partial charge in [-0.1, -0.05) is 24.3 Å². The van der Waals surface area contributed by atoms with Gasteiger partial charge in [-0.05, 0) is 67.7 Å². The molecule has 2 unspecified atom stereocenters. The molecule has 1 aliphatic rings. The van der Waals surface area contributed by atoms with Crippen molar-refractivity contribution in [3.63, 3.8) is 0 Å². The summed E-state index contributed by atoms with van der Waals surface area (Å²) in [5.74, 6) is -1.99. The van der Waals surface area contributed by atoms with Gasteiger partial charge in [0.1, 0.15) is 0 Å². The number of benzene rings is 2. The number of likely N-dealkylation sites (tertiary alicyclic amines) is 1. The van der Waals surface area contributed by atoms with Gasteiger partial charge >= 0.3 is 18.1 Å². The van der Waals surface area contributed by atoms with E-state index in [-0.39, 0.29) is 11.8 Å². The first kappa shape index (κ1) is 28.7. The Balaban J connectivity index is 0.000000678. The number of aliphatic carboxylic acids is 2. The van der Waals surface area contributed by atoms with Gasteiger partial charge in [-0.2, -0.15) is 13.2 Å². The predicted octanol–water partition coefficient (Wildman–Crippen LogP) is 4.71. The van der Waals surface area contributed by atoms with Crippen molar-refractivity contribution in [2.24, 2.45) is 5.92 Å². The molecule has 1 saturated heterocycles. The van der Waals surface area contributed by atoms with E-state index >= 15 is 0 Å². The molecule has 1 aliphatic heterocycles. The number of carbonyl (C=O) groups is 2. The second-order valence-corrected chi connectivity index (χ2v) is 8.44. The summed E-state index contributed by atoms with van der Waals surface area (Å²) in [5.41, 5.74) is 1.41. The first-order chi connectivity index (χ1) is 17.0. The number of halogens is 3. The van der Waals surface area contributed by atoms with Crippen LogP contribution in [0.4, 0.5) is 13.2 Å². The zero-order valence-electron chi connectivity index (χ0n) is 20.1. The molecule has 0 radical (unpaired) electrons. The minimum atomic E-state index is -4.32. The van der Waals surface area contributed by atoms with Crippen LogP contribution >= 0.6 is 0 Å². The van der Waals surface area contributed by atoms with Crippen LogP contribution in [0.1, 0.15) is 29.0 Å². The Labute approximate surface area is 207 Å². The van der Waals surface area contributed by atoms with Gasteiger partial charge in [-0.25, -0.2) is 9.59 Å². The van der Waals surface area contributed by atoms with E-state index in [1.54, 1.807) is 19.2 Å². The third kappa shape index (κ3) is 8.30. The lowest BCUT2D eigenvalue weighted by Gasteiger charge is -2.37. The Kier molecular flexibility index (Phi) is 10.3. The highest BCUT2D eigenvalue weighted by Crippen LogP contribution is 2.36. The summed E-state index contributed by atoms with van der Waals surface area (Å²) < 4.78 is 50.3. The number of nitrogens with zero attached hydrogens (tertiary/aromatic N) is 1. The second-order valence-electron chi connectivity index (χ2n) is 8.44. The number of carboxylic acids is 2. The summed E-state index contributed by atoms with van der Waals surface area (Å²) >= 11 is 0. The SMILES string of the molecule is C=CCc1ccc(OCC2CN(C)CCC2c2ccc(C(F)(F)F)cc2)c(OC)c1.O=C(O)C(=O)O. The fourth-order valence-electron chi connectivity index (χ4n) is 4.06. The lowest BCUT2D eigenvalue weighted by atomic mass is 9.81. The van der Waals surface area contributed by atoms with Crippen molar-refractivity contribution >= 4 is 11.9 Å². The number of hydrogen-bond donors (Lipinski definition) is 2. The van der Waals surface area contributed by atoms with E-state index in [1.165, 1.54) is 12.1 Å². The lowest BCUT2D eigenvalue weighted by Crippen LogP contribution is -2.39. The van der Waals surface area contributed by atoms with E-state index in [2.05, 4.69) is 18.5 Å². The van der Waals surface area contributed by atoms with Gasteiger partial charge in [0.15, 0.2) is 11.5 Å². The van der Waals surface area contributed by atoms with Crippen molar-refractivity contribution in [2.45, 2.75) is 24.9 Å². The number of allylic oxidation sites excluding steroid dienone is 1. The van der Waals surface area contributed by atoms with Gasteiger partial charge in [0, 0.05) is 12.5 Å². The largest absolute Gasteiger partial charge is 0.493 e. The predicted molar refractivity (Wildman–Crippen MR) is 127 cm³/mol. The fraction of sp³-hybridized carbons (Fsp3) is 0.385. The van der Waals surface area contributed by atoms with Crippen molar-refractivity contribution < 1.29 is 42.4 Å². The van der Waals surface area contributed by atoms with E-state index in [9.17, 15) is 13.2 Å². The first-order valence-corrected chi connectivity index (χ1v) is 11.2. The molecule has 2 atom stereocenters. The quantitative estimate of drug-likeness (QED) is 0.412. The molecule has 2 aromatic carbocycles. The third-order valence-electron chi connectivity index (χ3n) is 5.85. The topological polar surface area (TPSA) is 96.3 Å². The molecule has 0 spiro atoms. The Bertz CT molecular complexity index is 1030. The smallest absolute Gasteiger partial charge is 0.416 e. The van der Waals surface area contributed by atoms with Crippen molar-refractivity contribution in [2.75, 3.05) is 33.9 Å². The molecule has 2 N–H and O–H groups in total. The first-order valence-electron chi connectivity index (χ1n) is 11.2. The van der Waals surface area contributed by atoms with Crippen LogP contribution in [-0.2, 0) is 22.2 Å². The van der Waals surface area contributed by atoms with Crippen LogP contribution in [0.15, 0.2) is 55.1 Å².